The van der Waals surface area contributed by atoms with Crippen LogP contribution in [-0.2, 0) is 18.4 Å². The first-order chi connectivity index (χ1) is 11.2. The predicted molar refractivity (Wildman–Crippen MR) is 103 cm³/mol. The van der Waals surface area contributed by atoms with Crippen LogP contribution in [0.4, 0.5) is 0 Å². The molecule has 0 radical (unpaired) electrons. The fourth-order valence-electron chi connectivity index (χ4n) is 2.88. The summed E-state index contributed by atoms with van der Waals surface area (Å²) in [7, 11) is 3.67. The minimum absolute atomic E-state index is 0. The Labute approximate surface area is 164 Å². The van der Waals surface area contributed by atoms with Crippen molar-refractivity contribution in [2.75, 3.05) is 33.2 Å². The monoisotopic (exact) mass is 406 g/mol. The zero-order chi connectivity index (χ0) is 16.2. The quantitative estimate of drug-likeness (QED) is 0.810. The van der Waals surface area contributed by atoms with Gasteiger partial charge in [-0.25, -0.2) is 4.98 Å². The van der Waals surface area contributed by atoms with Gasteiger partial charge in [0, 0.05) is 56.9 Å². The van der Waals surface area contributed by atoms with Gasteiger partial charge in [0.05, 0.1) is 17.4 Å². The third-order valence-electron chi connectivity index (χ3n) is 4.15. The zero-order valence-corrected chi connectivity index (χ0v) is 16.7. The number of aryl methyl sites for hydroxylation is 1. The smallest absolute Gasteiger partial charge is 0.244 e. The van der Waals surface area contributed by atoms with Crippen LogP contribution in [0.25, 0.3) is 0 Å². The Bertz CT molecular complexity index is 642. The number of halogens is 2. The molecule has 1 saturated heterocycles. The van der Waals surface area contributed by atoms with Crippen molar-refractivity contribution < 1.29 is 4.79 Å². The van der Waals surface area contributed by atoms with Crippen LogP contribution in [0.1, 0.15) is 17.3 Å². The molecule has 3 heterocycles. The molecule has 1 amide bonds. The van der Waals surface area contributed by atoms with E-state index in [1.54, 1.807) is 22.2 Å². The van der Waals surface area contributed by atoms with Crippen molar-refractivity contribution in [3.8, 4) is 0 Å². The Morgan fingerprint density at radius 2 is 2.04 bits per heavy atom. The molecule has 10 heteroatoms. The Morgan fingerprint density at radius 3 is 2.56 bits per heavy atom. The van der Waals surface area contributed by atoms with Gasteiger partial charge >= 0.3 is 0 Å². The molecule has 140 valence electrons. The summed E-state index contributed by atoms with van der Waals surface area (Å²) in [5, 5.41) is 9.35. The highest BCUT2D eigenvalue weighted by molar-refractivity contribution is 7.07. The largest absolute Gasteiger partial charge is 0.338 e. The van der Waals surface area contributed by atoms with Crippen molar-refractivity contribution in [2.45, 2.75) is 12.6 Å². The highest BCUT2D eigenvalue weighted by Crippen LogP contribution is 2.17. The van der Waals surface area contributed by atoms with E-state index in [1.165, 1.54) is 0 Å². The lowest BCUT2D eigenvalue weighted by Crippen LogP contribution is -2.51. The summed E-state index contributed by atoms with van der Waals surface area (Å²) >= 11 is 1.62. The molecule has 0 bridgehead atoms. The Morgan fingerprint density at radius 1 is 1.32 bits per heavy atom. The third kappa shape index (κ3) is 5.39. The molecule has 1 atom stereocenters. The normalized spacial score (nSPS) is 16.0. The number of carbonyl (C=O) groups excluding carboxylic acids is 1. The molecule has 2 aromatic heterocycles. The minimum Gasteiger partial charge on any atom is -0.338 e. The lowest BCUT2D eigenvalue weighted by molar-refractivity contribution is -0.135. The number of thiazole rings is 1. The molecule has 0 spiro atoms. The summed E-state index contributed by atoms with van der Waals surface area (Å²) in [6, 6.07) is -0.325. The first-order valence-corrected chi connectivity index (χ1v) is 8.65. The van der Waals surface area contributed by atoms with Crippen molar-refractivity contribution in [3.63, 3.8) is 0 Å². The van der Waals surface area contributed by atoms with Crippen LogP contribution < -0.4 is 5.32 Å². The number of piperazine rings is 1. The molecular formula is C15H24Cl2N6OS. The number of hydrogen-bond acceptors (Lipinski definition) is 6. The predicted octanol–water partition coefficient (Wildman–Crippen LogP) is 1.33. The highest BCUT2D eigenvalue weighted by Gasteiger charge is 2.28. The third-order valence-corrected chi connectivity index (χ3v) is 4.78. The van der Waals surface area contributed by atoms with E-state index in [1.807, 2.05) is 30.7 Å². The second-order valence-electron chi connectivity index (χ2n) is 5.75. The van der Waals surface area contributed by atoms with Gasteiger partial charge in [-0.3, -0.25) is 14.4 Å². The van der Waals surface area contributed by atoms with Gasteiger partial charge in [0.15, 0.2) is 0 Å². The van der Waals surface area contributed by atoms with Gasteiger partial charge in [-0.05, 0) is 7.05 Å². The van der Waals surface area contributed by atoms with E-state index in [-0.39, 0.29) is 36.8 Å². The van der Waals surface area contributed by atoms with Crippen LogP contribution in [0.15, 0.2) is 23.3 Å². The number of amides is 1. The average Bonchev–Trinajstić information content (AvgIpc) is 3.21. The van der Waals surface area contributed by atoms with E-state index in [4.69, 9.17) is 0 Å². The first kappa shape index (κ1) is 21.9. The van der Waals surface area contributed by atoms with Crippen molar-refractivity contribution in [1.82, 2.24) is 29.9 Å². The van der Waals surface area contributed by atoms with Gasteiger partial charge in [0.1, 0.15) is 6.04 Å². The summed E-state index contributed by atoms with van der Waals surface area (Å²) in [6.45, 7) is 4.13. The van der Waals surface area contributed by atoms with Crippen LogP contribution in [0.3, 0.4) is 0 Å². The molecule has 1 aliphatic heterocycles. The second-order valence-corrected chi connectivity index (χ2v) is 6.47. The Balaban J connectivity index is 0.00000156. The van der Waals surface area contributed by atoms with E-state index in [2.05, 4.69) is 25.7 Å². The van der Waals surface area contributed by atoms with Gasteiger partial charge in [0.2, 0.25) is 5.91 Å². The molecule has 1 unspecified atom stereocenters. The number of rotatable bonds is 5. The zero-order valence-electron chi connectivity index (χ0n) is 14.3. The van der Waals surface area contributed by atoms with Gasteiger partial charge in [-0.2, -0.15) is 5.10 Å². The fourth-order valence-corrected chi connectivity index (χ4v) is 3.43. The topological polar surface area (TPSA) is 66.3 Å². The molecule has 7 nitrogen and oxygen atoms in total. The number of aromatic nitrogens is 3. The highest BCUT2D eigenvalue weighted by atomic mass is 35.5. The lowest BCUT2D eigenvalue weighted by Gasteiger charge is -2.36. The van der Waals surface area contributed by atoms with Crippen LogP contribution >= 0.6 is 36.2 Å². The van der Waals surface area contributed by atoms with E-state index in [0.717, 1.165) is 44.0 Å². The van der Waals surface area contributed by atoms with Gasteiger partial charge in [0.25, 0.3) is 0 Å². The molecule has 1 fully saturated rings. The lowest BCUT2D eigenvalue weighted by atomic mass is 10.1. The standard InChI is InChI=1S/C15H22N6OS.2ClH/c1-16-14(12-7-18-19(2)8-12)15(22)21-5-3-20(4-6-21)9-13-10-23-11-17-13;;/h7-8,10-11,14,16H,3-6,9H2,1-2H3;2*1H. The second kappa shape index (κ2) is 10.1. The van der Waals surface area contributed by atoms with E-state index >= 15 is 0 Å². The summed E-state index contributed by atoms with van der Waals surface area (Å²) < 4.78 is 1.72. The number of nitrogens with zero attached hydrogens (tertiary/aromatic N) is 5. The Hall–Kier alpha value is -1.19. The van der Waals surface area contributed by atoms with E-state index < -0.39 is 0 Å². The maximum atomic E-state index is 12.8. The summed E-state index contributed by atoms with van der Waals surface area (Å²) in [5.74, 6) is 0.119. The van der Waals surface area contributed by atoms with Crippen molar-refractivity contribution in [1.29, 1.82) is 0 Å². The van der Waals surface area contributed by atoms with Gasteiger partial charge < -0.3 is 10.2 Å². The molecule has 25 heavy (non-hydrogen) atoms. The SMILES string of the molecule is CNC(C(=O)N1CCN(Cc2cscn2)CC1)c1cnn(C)c1.Cl.Cl. The van der Waals surface area contributed by atoms with Gasteiger partial charge in [-0.15, -0.1) is 36.2 Å². The Kier molecular flexibility index (Phi) is 8.81. The van der Waals surface area contributed by atoms with Crippen molar-refractivity contribution in [2.24, 2.45) is 7.05 Å². The molecule has 1 aliphatic rings. The van der Waals surface area contributed by atoms with Crippen LogP contribution in [0.5, 0.6) is 0 Å². The molecule has 3 rings (SSSR count). The number of carbonyl (C=O) groups is 1. The molecular weight excluding hydrogens is 383 g/mol. The van der Waals surface area contributed by atoms with Crippen LogP contribution in [0, 0.1) is 0 Å². The molecule has 0 aliphatic carbocycles. The number of likely N-dealkylation sites (N-methyl/N-ethyl adjacent to an activating group) is 1. The summed E-state index contributed by atoms with van der Waals surface area (Å²) in [4.78, 5) is 21.4. The molecule has 1 N–H and O–H groups in total. The number of nitrogens with one attached hydrogen (secondary N) is 1. The maximum Gasteiger partial charge on any atom is 0.244 e. The maximum absolute atomic E-state index is 12.8. The van der Waals surface area contributed by atoms with Gasteiger partial charge in [-0.1, -0.05) is 0 Å². The summed E-state index contributed by atoms with van der Waals surface area (Å²) in [5.41, 5.74) is 3.88. The summed E-state index contributed by atoms with van der Waals surface area (Å²) in [6.07, 6.45) is 3.63. The number of hydrogen-bond donors (Lipinski definition) is 1. The molecule has 2 aromatic rings. The fraction of sp³-hybridized carbons (Fsp3) is 0.533. The van der Waals surface area contributed by atoms with Crippen LogP contribution in [0.2, 0.25) is 0 Å². The first-order valence-electron chi connectivity index (χ1n) is 7.71. The molecule has 0 saturated carbocycles. The van der Waals surface area contributed by atoms with E-state index in [0.29, 0.717) is 0 Å². The van der Waals surface area contributed by atoms with Crippen LogP contribution in [-0.4, -0.2) is 63.7 Å². The minimum atomic E-state index is -0.325. The molecule has 0 aromatic carbocycles. The van der Waals surface area contributed by atoms with Crippen molar-refractivity contribution in [3.05, 3.63) is 34.5 Å². The van der Waals surface area contributed by atoms with E-state index in [9.17, 15) is 4.79 Å². The van der Waals surface area contributed by atoms with Crippen molar-refractivity contribution >= 4 is 42.1 Å². The average molecular weight is 407 g/mol.